The Morgan fingerprint density at radius 1 is 1.06 bits per heavy atom. The van der Waals surface area contributed by atoms with Crippen LogP contribution in [0.2, 0.25) is 0 Å². The molecular weight excluding hydrogens is 237 g/mol. The Kier molecular flexibility index (Phi) is 2.26. The van der Waals surface area contributed by atoms with E-state index in [1.807, 2.05) is 11.4 Å². The van der Waals surface area contributed by atoms with Gasteiger partial charge in [-0.15, -0.1) is 11.3 Å². The number of nitrogens with two attached hydrogens (primary N) is 1. The van der Waals surface area contributed by atoms with E-state index >= 15 is 0 Å². The van der Waals surface area contributed by atoms with E-state index in [-0.39, 0.29) is 11.8 Å². The molecule has 0 aliphatic heterocycles. The van der Waals surface area contributed by atoms with Gasteiger partial charge in [0.25, 0.3) is 0 Å². The van der Waals surface area contributed by atoms with Crippen LogP contribution in [0.4, 0.5) is 10.3 Å². The van der Waals surface area contributed by atoms with Gasteiger partial charge < -0.3 is 5.73 Å². The highest BCUT2D eigenvalue weighted by Gasteiger charge is 2.09. The van der Waals surface area contributed by atoms with E-state index in [1.54, 1.807) is 12.1 Å². The van der Waals surface area contributed by atoms with Crippen LogP contribution in [0.3, 0.4) is 0 Å². The SMILES string of the molecule is Nc1nc(-c2ccc(F)cc2)c2ccsc2n1. The number of thiophene rings is 1. The number of benzene rings is 1. The molecule has 0 unspecified atom stereocenters. The van der Waals surface area contributed by atoms with Gasteiger partial charge in [-0.05, 0) is 35.7 Å². The molecule has 0 aliphatic rings. The highest BCUT2D eigenvalue weighted by atomic mass is 32.1. The minimum absolute atomic E-state index is 0.235. The Morgan fingerprint density at radius 2 is 1.82 bits per heavy atom. The minimum atomic E-state index is -0.266. The third kappa shape index (κ3) is 1.74. The molecule has 2 aromatic heterocycles. The van der Waals surface area contributed by atoms with Crippen molar-refractivity contribution in [3.8, 4) is 11.3 Å². The number of hydrogen-bond acceptors (Lipinski definition) is 4. The van der Waals surface area contributed by atoms with Gasteiger partial charge in [-0.2, -0.15) is 0 Å². The third-order valence-electron chi connectivity index (χ3n) is 2.46. The first kappa shape index (κ1) is 10.2. The largest absolute Gasteiger partial charge is 0.368 e. The highest BCUT2D eigenvalue weighted by Crippen LogP contribution is 2.29. The zero-order chi connectivity index (χ0) is 11.8. The van der Waals surface area contributed by atoms with Crippen molar-refractivity contribution in [2.24, 2.45) is 0 Å². The Labute approximate surface area is 101 Å². The fourth-order valence-corrected chi connectivity index (χ4v) is 2.47. The van der Waals surface area contributed by atoms with E-state index in [1.165, 1.54) is 23.5 Å². The van der Waals surface area contributed by atoms with Crippen molar-refractivity contribution in [3.05, 3.63) is 41.5 Å². The van der Waals surface area contributed by atoms with Gasteiger partial charge in [0, 0.05) is 10.9 Å². The average molecular weight is 245 g/mol. The van der Waals surface area contributed by atoms with Gasteiger partial charge >= 0.3 is 0 Å². The predicted molar refractivity (Wildman–Crippen MR) is 67.2 cm³/mol. The number of rotatable bonds is 1. The van der Waals surface area contributed by atoms with Crippen molar-refractivity contribution in [1.82, 2.24) is 9.97 Å². The molecule has 2 heterocycles. The second kappa shape index (κ2) is 3.78. The van der Waals surface area contributed by atoms with Crippen LogP contribution >= 0.6 is 11.3 Å². The molecule has 3 rings (SSSR count). The van der Waals surface area contributed by atoms with E-state index in [0.29, 0.717) is 0 Å². The number of halogens is 1. The van der Waals surface area contributed by atoms with Crippen LogP contribution in [0.25, 0.3) is 21.5 Å². The molecule has 1 aromatic carbocycles. The van der Waals surface area contributed by atoms with E-state index in [9.17, 15) is 4.39 Å². The van der Waals surface area contributed by atoms with Crippen molar-refractivity contribution in [1.29, 1.82) is 0 Å². The minimum Gasteiger partial charge on any atom is -0.368 e. The number of anilines is 1. The molecule has 0 fully saturated rings. The van der Waals surface area contributed by atoms with Crippen LogP contribution in [0.1, 0.15) is 0 Å². The molecule has 0 bridgehead atoms. The topological polar surface area (TPSA) is 51.8 Å². The van der Waals surface area contributed by atoms with Gasteiger partial charge in [0.1, 0.15) is 10.6 Å². The van der Waals surface area contributed by atoms with Crippen molar-refractivity contribution in [2.45, 2.75) is 0 Å². The Balaban J connectivity index is 2.28. The van der Waals surface area contributed by atoms with Gasteiger partial charge in [-0.1, -0.05) is 0 Å². The summed E-state index contributed by atoms with van der Waals surface area (Å²) < 4.78 is 12.9. The summed E-state index contributed by atoms with van der Waals surface area (Å²) in [5.74, 6) is -0.0309. The Bertz CT molecular complexity index is 676. The smallest absolute Gasteiger partial charge is 0.221 e. The lowest BCUT2D eigenvalue weighted by Crippen LogP contribution is -1.96. The highest BCUT2D eigenvalue weighted by molar-refractivity contribution is 7.16. The summed E-state index contributed by atoms with van der Waals surface area (Å²) in [7, 11) is 0. The summed E-state index contributed by atoms with van der Waals surface area (Å²) >= 11 is 1.51. The van der Waals surface area contributed by atoms with Gasteiger partial charge in [0.2, 0.25) is 5.95 Å². The molecule has 3 aromatic rings. The summed E-state index contributed by atoms with van der Waals surface area (Å²) in [6.07, 6.45) is 0. The molecule has 5 heteroatoms. The predicted octanol–water partition coefficient (Wildman–Crippen LogP) is 3.08. The van der Waals surface area contributed by atoms with Crippen LogP contribution in [0.5, 0.6) is 0 Å². The third-order valence-corrected chi connectivity index (χ3v) is 3.27. The first-order chi connectivity index (χ1) is 8.24. The molecule has 0 radical (unpaired) electrons. The zero-order valence-electron chi connectivity index (χ0n) is 8.72. The number of hydrogen-bond donors (Lipinski definition) is 1. The van der Waals surface area contributed by atoms with E-state index in [0.717, 1.165) is 21.5 Å². The molecule has 0 spiro atoms. The number of nitrogens with zero attached hydrogens (tertiary/aromatic N) is 2. The van der Waals surface area contributed by atoms with Gasteiger partial charge in [0.05, 0.1) is 5.69 Å². The van der Waals surface area contributed by atoms with Crippen molar-refractivity contribution in [2.75, 3.05) is 5.73 Å². The molecule has 0 aliphatic carbocycles. The molecule has 84 valence electrons. The lowest BCUT2D eigenvalue weighted by Gasteiger charge is -2.03. The second-order valence-electron chi connectivity index (χ2n) is 3.58. The molecular formula is C12H8FN3S. The maximum Gasteiger partial charge on any atom is 0.221 e. The molecule has 0 atom stereocenters. The quantitative estimate of drug-likeness (QED) is 0.716. The normalized spacial score (nSPS) is 10.9. The first-order valence-corrected chi connectivity index (χ1v) is 5.88. The summed E-state index contributed by atoms with van der Waals surface area (Å²) in [5.41, 5.74) is 7.24. The number of fused-ring (bicyclic) bond motifs is 1. The molecule has 0 saturated carbocycles. The van der Waals surface area contributed by atoms with Gasteiger partial charge in [-0.25, -0.2) is 14.4 Å². The molecule has 3 nitrogen and oxygen atoms in total. The van der Waals surface area contributed by atoms with Crippen LogP contribution in [0, 0.1) is 5.82 Å². The van der Waals surface area contributed by atoms with Gasteiger partial charge in [-0.3, -0.25) is 0 Å². The van der Waals surface area contributed by atoms with Crippen LogP contribution in [-0.4, -0.2) is 9.97 Å². The summed E-state index contributed by atoms with van der Waals surface area (Å²) in [6.45, 7) is 0. The molecule has 0 saturated heterocycles. The summed E-state index contributed by atoms with van der Waals surface area (Å²) in [6, 6.07) is 8.14. The fraction of sp³-hybridized carbons (Fsp3) is 0. The fourth-order valence-electron chi connectivity index (χ4n) is 1.70. The Morgan fingerprint density at radius 3 is 2.59 bits per heavy atom. The number of aromatic nitrogens is 2. The Hall–Kier alpha value is -2.01. The lowest BCUT2D eigenvalue weighted by molar-refractivity contribution is 0.628. The molecule has 2 N–H and O–H groups in total. The molecule has 17 heavy (non-hydrogen) atoms. The van der Waals surface area contributed by atoms with Crippen LogP contribution < -0.4 is 5.73 Å². The van der Waals surface area contributed by atoms with Crippen molar-refractivity contribution >= 4 is 27.5 Å². The first-order valence-electron chi connectivity index (χ1n) is 5.01. The van der Waals surface area contributed by atoms with Crippen LogP contribution in [-0.2, 0) is 0 Å². The van der Waals surface area contributed by atoms with Crippen LogP contribution in [0.15, 0.2) is 35.7 Å². The van der Waals surface area contributed by atoms with Crippen molar-refractivity contribution < 1.29 is 4.39 Å². The lowest BCUT2D eigenvalue weighted by atomic mass is 10.1. The monoisotopic (exact) mass is 245 g/mol. The standard InChI is InChI=1S/C12H8FN3S/c13-8-3-1-7(2-4-8)10-9-5-6-17-11(9)16-12(14)15-10/h1-6H,(H2,14,15,16). The van der Waals surface area contributed by atoms with Crippen molar-refractivity contribution in [3.63, 3.8) is 0 Å². The maximum atomic E-state index is 12.9. The molecule has 0 amide bonds. The summed E-state index contributed by atoms with van der Waals surface area (Å²) in [5, 5.41) is 2.88. The van der Waals surface area contributed by atoms with E-state index < -0.39 is 0 Å². The number of nitrogen functional groups attached to an aromatic ring is 1. The average Bonchev–Trinajstić information content (AvgIpc) is 2.77. The van der Waals surface area contributed by atoms with E-state index in [2.05, 4.69) is 9.97 Å². The second-order valence-corrected chi connectivity index (χ2v) is 4.47. The summed E-state index contributed by atoms with van der Waals surface area (Å²) in [4.78, 5) is 9.22. The maximum absolute atomic E-state index is 12.9. The van der Waals surface area contributed by atoms with E-state index in [4.69, 9.17) is 5.73 Å². The zero-order valence-corrected chi connectivity index (χ0v) is 9.54. The van der Waals surface area contributed by atoms with Gasteiger partial charge in [0.15, 0.2) is 0 Å².